The summed E-state index contributed by atoms with van der Waals surface area (Å²) in [6, 6.07) is 12.1. The van der Waals surface area contributed by atoms with Gasteiger partial charge in [-0.3, -0.25) is 0 Å². The van der Waals surface area contributed by atoms with E-state index in [4.69, 9.17) is 5.26 Å². The standard InChI is InChI=1S/C14H14N4/c15-10-12-9-11-3-1-2-4-13(11)14(17-12)18-7-5-16-6-8-18/h1-4,9,16H,5-8H2. The number of hydrogen-bond acceptors (Lipinski definition) is 4. The molecule has 2 heterocycles. The molecule has 0 spiro atoms. The zero-order chi connectivity index (χ0) is 12.4. The lowest BCUT2D eigenvalue weighted by molar-refractivity contribution is 0.586. The molecule has 0 bridgehead atoms. The molecule has 0 saturated carbocycles. The average molecular weight is 238 g/mol. The quantitative estimate of drug-likeness (QED) is 0.818. The Labute approximate surface area is 106 Å². The van der Waals surface area contributed by atoms with Crippen molar-refractivity contribution in [2.45, 2.75) is 0 Å². The molecule has 0 radical (unpaired) electrons. The highest BCUT2D eigenvalue weighted by atomic mass is 15.2. The Morgan fingerprint density at radius 2 is 2.00 bits per heavy atom. The third-order valence-corrected chi connectivity index (χ3v) is 3.25. The Kier molecular flexibility index (Phi) is 2.83. The van der Waals surface area contributed by atoms with Crippen LogP contribution in [0.5, 0.6) is 0 Å². The molecular weight excluding hydrogens is 224 g/mol. The molecule has 1 saturated heterocycles. The Morgan fingerprint density at radius 1 is 1.22 bits per heavy atom. The van der Waals surface area contributed by atoms with Gasteiger partial charge in [0.15, 0.2) is 0 Å². The number of nitrogens with zero attached hydrogens (tertiary/aromatic N) is 3. The molecule has 2 aromatic rings. The molecule has 1 aromatic carbocycles. The van der Waals surface area contributed by atoms with Crippen molar-refractivity contribution in [1.82, 2.24) is 10.3 Å². The normalized spacial score (nSPS) is 15.6. The number of pyridine rings is 1. The van der Waals surface area contributed by atoms with Gasteiger partial charge in [-0.2, -0.15) is 5.26 Å². The first-order valence-corrected chi connectivity index (χ1v) is 6.14. The summed E-state index contributed by atoms with van der Waals surface area (Å²) in [6.07, 6.45) is 0. The van der Waals surface area contributed by atoms with Crippen LogP contribution < -0.4 is 10.2 Å². The van der Waals surface area contributed by atoms with Gasteiger partial charge in [-0.05, 0) is 11.5 Å². The highest BCUT2D eigenvalue weighted by Gasteiger charge is 2.15. The number of nitriles is 1. The van der Waals surface area contributed by atoms with Crippen molar-refractivity contribution in [3.05, 3.63) is 36.0 Å². The minimum atomic E-state index is 0.488. The Bertz CT molecular complexity index is 609. The first kappa shape index (κ1) is 11.0. The van der Waals surface area contributed by atoms with Gasteiger partial charge in [-0.15, -0.1) is 0 Å². The van der Waals surface area contributed by atoms with Crippen LogP contribution >= 0.6 is 0 Å². The van der Waals surface area contributed by atoms with E-state index in [0.29, 0.717) is 5.69 Å². The number of rotatable bonds is 1. The van der Waals surface area contributed by atoms with Crippen molar-refractivity contribution in [2.24, 2.45) is 0 Å². The summed E-state index contributed by atoms with van der Waals surface area (Å²) in [7, 11) is 0. The van der Waals surface area contributed by atoms with E-state index in [0.717, 1.165) is 42.8 Å². The monoisotopic (exact) mass is 238 g/mol. The Balaban J connectivity index is 2.16. The minimum Gasteiger partial charge on any atom is -0.354 e. The topological polar surface area (TPSA) is 52.0 Å². The molecule has 0 atom stereocenters. The Hall–Kier alpha value is -2.12. The van der Waals surface area contributed by atoms with E-state index >= 15 is 0 Å². The largest absolute Gasteiger partial charge is 0.354 e. The van der Waals surface area contributed by atoms with E-state index < -0.39 is 0 Å². The van der Waals surface area contributed by atoms with Crippen molar-refractivity contribution < 1.29 is 0 Å². The van der Waals surface area contributed by atoms with Gasteiger partial charge in [-0.1, -0.05) is 24.3 Å². The molecule has 0 amide bonds. The third-order valence-electron chi connectivity index (χ3n) is 3.25. The van der Waals surface area contributed by atoms with Crippen LogP contribution in [-0.4, -0.2) is 31.2 Å². The first-order chi connectivity index (χ1) is 8.88. The molecule has 1 fully saturated rings. The number of piperazine rings is 1. The van der Waals surface area contributed by atoms with Gasteiger partial charge >= 0.3 is 0 Å². The van der Waals surface area contributed by atoms with Crippen LogP contribution in [0, 0.1) is 11.3 Å². The lowest BCUT2D eigenvalue weighted by Crippen LogP contribution is -2.44. The van der Waals surface area contributed by atoms with E-state index in [-0.39, 0.29) is 0 Å². The van der Waals surface area contributed by atoms with Crippen molar-refractivity contribution in [2.75, 3.05) is 31.1 Å². The molecule has 1 aliphatic rings. The molecule has 1 N–H and O–H groups in total. The van der Waals surface area contributed by atoms with E-state index in [9.17, 15) is 0 Å². The lowest BCUT2D eigenvalue weighted by Gasteiger charge is -2.29. The number of nitrogens with one attached hydrogen (secondary N) is 1. The van der Waals surface area contributed by atoms with Gasteiger partial charge in [0.05, 0.1) is 0 Å². The second-order valence-electron chi connectivity index (χ2n) is 4.40. The predicted octanol–water partition coefficient (Wildman–Crippen LogP) is 1.52. The van der Waals surface area contributed by atoms with E-state index in [1.165, 1.54) is 0 Å². The van der Waals surface area contributed by atoms with Crippen LogP contribution in [0.15, 0.2) is 30.3 Å². The fraction of sp³-hybridized carbons (Fsp3) is 0.286. The first-order valence-electron chi connectivity index (χ1n) is 6.14. The average Bonchev–Trinajstić information content (AvgIpc) is 2.47. The second-order valence-corrected chi connectivity index (χ2v) is 4.40. The highest BCUT2D eigenvalue weighted by Crippen LogP contribution is 2.25. The fourth-order valence-electron chi connectivity index (χ4n) is 2.36. The van der Waals surface area contributed by atoms with Gasteiger partial charge in [0.1, 0.15) is 17.6 Å². The van der Waals surface area contributed by atoms with Gasteiger partial charge in [0, 0.05) is 31.6 Å². The van der Waals surface area contributed by atoms with Crippen LogP contribution in [0.25, 0.3) is 10.8 Å². The maximum absolute atomic E-state index is 9.08. The highest BCUT2D eigenvalue weighted by molar-refractivity contribution is 5.93. The molecular formula is C14H14N4. The molecule has 1 aromatic heterocycles. The molecule has 0 unspecified atom stereocenters. The van der Waals surface area contributed by atoms with Crippen LogP contribution in [0.2, 0.25) is 0 Å². The summed E-state index contributed by atoms with van der Waals surface area (Å²) in [6.45, 7) is 3.80. The summed E-state index contributed by atoms with van der Waals surface area (Å²) < 4.78 is 0. The van der Waals surface area contributed by atoms with Gasteiger partial charge < -0.3 is 10.2 Å². The number of fused-ring (bicyclic) bond motifs is 1. The van der Waals surface area contributed by atoms with Crippen LogP contribution in [0.1, 0.15) is 5.69 Å². The molecule has 1 aliphatic heterocycles. The molecule has 18 heavy (non-hydrogen) atoms. The number of hydrogen-bond donors (Lipinski definition) is 1. The summed E-state index contributed by atoms with van der Waals surface area (Å²) in [5.74, 6) is 0.936. The zero-order valence-corrected chi connectivity index (χ0v) is 10.1. The van der Waals surface area contributed by atoms with Crippen LogP contribution in [0.3, 0.4) is 0 Å². The third kappa shape index (κ3) is 1.89. The van der Waals surface area contributed by atoms with Gasteiger partial charge in [-0.25, -0.2) is 4.98 Å². The van der Waals surface area contributed by atoms with Gasteiger partial charge in [0.25, 0.3) is 0 Å². The smallest absolute Gasteiger partial charge is 0.143 e. The van der Waals surface area contributed by atoms with E-state index in [1.54, 1.807) is 0 Å². The number of anilines is 1. The maximum atomic E-state index is 9.08. The number of aromatic nitrogens is 1. The van der Waals surface area contributed by atoms with E-state index in [2.05, 4.69) is 27.3 Å². The minimum absolute atomic E-state index is 0.488. The second kappa shape index (κ2) is 4.63. The number of benzene rings is 1. The van der Waals surface area contributed by atoms with Crippen molar-refractivity contribution >= 4 is 16.6 Å². The van der Waals surface area contributed by atoms with Crippen molar-refractivity contribution in [3.8, 4) is 6.07 Å². The molecule has 4 heteroatoms. The van der Waals surface area contributed by atoms with Gasteiger partial charge in [0.2, 0.25) is 0 Å². The zero-order valence-electron chi connectivity index (χ0n) is 10.1. The van der Waals surface area contributed by atoms with Crippen LogP contribution in [0.4, 0.5) is 5.82 Å². The van der Waals surface area contributed by atoms with Crippen LogP contribution in [-0.2, 0) is 0 Å². The molecule has 4 nitrogen and oxygen atoms in total. The summed E-state index contributed by atoms with van der Waals surface area (Å²) in [5, 5.41) is 14.6. The summed E-state index contributed by atoms with van der Waals surface area (Å²) in [5.41, 5.74) is 0.488. The SMILES string of the molecule is N#Cc1cc2ccccc2c(N2CCNCC2)n1. The fourth-order valence-corrected chi connectivity index (χ4v) is 2.36. The maximum Gasteiger partial charge on any atom is 0.143 e. The lowest BCUT2D eigenvalue weighted by atomic mass is 10.1. The summed E-state index contributed by atoms with van der Waals surface area (Å²) >= 11 is 0. The Morgan fingerprint density at radius 3 is 2.78 bits per heavy atom. The molecule has 90 valence electrons. The van der Waals surface area contributed by atoms with Crippen molar-refractivity contribution in [3.63, 3.8) is 0 Å². The summed E-state index contributed by atoms with van der Waals surface area (Å²) in [4.78, 5) is 6.73. The van der Waals surface area contributed by atoms with Crippen molar-refractivity contribution in [1.29, 1.82) is 5.26 Å². The molecule has 3 rings (SSSR count). The predicted molar refractivity (Wildman–Crippen MR) is 71.5 cm³/mol. The molecule has 0 aliphatic carbocycles. The van der Waals surface area contributed by atoms with E-state index in [1.807, 2.05) is 24.3 Å².